The van der Waals surface area contributed by atoms with Crippen LogP contribution in [0.1, 0.15) is 116 Å². The van der Waals surface area contributed by atoms with Crippen LogP contribution < -0.4 is 0 Å². The van der Waals surface area contributed by atoms with Gasteiger partial charge in [-0.25, -0.2) is 0 Å². The maximum Gasteiger partial charge on any atom is 0.127 e. The topological polar surface area (TPSA) is 65.2 Å². The van der Waals surface area contributed by atoms with Crippen molar-refractivity contribution in [3.8, 4) is 11.5 Å². The summed E-state index contributed by atoms with van der Waals surface area (Å²) in [5, 5.41) is 22.5. The van der Waals surface area contributed by atoms with Crippen molar-refractivity contribution in [2.45, 2.75) is 109 Å². The Balaban J connectivity index is 2.04. The lowest BCUT2D eigenvalue weighted by atomic mass is 9.83. The van der Waals surface area contributed by atoms with Crippen molar-refractivity contribution in [2.75, 3.05) is 0 Å². The number of aromatic hydroxyl groups is 2. The van der Waals surface area contributed by atoms with E-state index in [2.05, 4.69) is 107 Å². The molecule has 0 heterocycles. The summed E-state index contributed by atoms with van der Waals surface area (Å²) in [4.78, 5) is 9.64. The molecule has 4 heteroatoms. The van der Waals surface area contributed by atoms with E-state index in [-0.39, 0.29) is 33.2 Å². The number of hydrogen-bond donors (Lipinski definition) is 2. The summed E-state index contributed by atoms with van der Waals surface area (Å²) in [5.41, 5.74) is 7.41. The van der Waals surface area contributed by atoms with Crippen LogP contribution >= 0.6 is 0 Å². The monoisotopic (exact) mass is 596 g/mol. The standard InChI is InChI=1S/C40H56N2O2/c1-37(2,3)21-27-17-29(23-39(7,8)9)35(43)31(19-27)25-41-33-15-13-14-16-34(33)42-26-32-20-28(22-38(4,5)6)18-30(36(32)44)24-40(10,11)12/h13-20,25-26,43-44H,21-24H2,1-12H3. The third-order valence-corrected chi connectivity index (χ3v) is 7.03. The number of nitrogens with zero attached hydrogens (tertiary/aromatic N) is 2. The highest BCUT2D eigenvalue weighted by atomic mass is 16.3. The van der Waals surface area contributed by atoms with Gasteiger partial charge in [0.05, 0.1) is 11.4 Å². The predicted molar refractivity (Wildman–Crippen MR) is 190 cm³/mol. The van der Waals surface area contributed by atoms with Gasteiger partial charge in [0.25, 0.3) is 0 Å². The maximum atomic E-state index is 11.3. The molecular formula is C40H56N2O2. The van der Waals surface area contributed by atoms with Crippen LogP contribution in [0, 0.1) is 21.7 Å². The van der Waals surface area contributed by atoms with Gasteiger partial charge >= 0.3 is 0 Å². The van der Waals surface area contributed by atoms with Gasteiger partial charge in [0, 0.05) is 23.6 Å². The minimum Gasteiger partial charge on any atom is -0.507 e. The lowest BCUT2D eigenvalue weighted by Gasteiger charge is -2.23. The molecule has 3 aromatic rings. The minimum absolute atomic E-state index is 0.0378. The van der Waals surface area contributed by atoms with E-state index in [4.69, 9.17) is 9.98 Å². The van der Waals surface area contributed by atoms with E-state index in [1.807, 2.05) is 24.3 Å². The van der Waals surface area contributed by atoms with Gasteiger partial charge in [-0.2, -0.15) is 0 Å². The van der Waals surface area contributed by atoms with Crippen LogP contribution in [0.4, 0.5) is 11.4 Å². The van der Waals surface area contributed by atoms with Crippen LogP contribution in [0.15, 0.2) is 58.5 Å². The van der Waals surface area contributed by atoms with Gasteiger partial charge in [0.2, 0.25) is 0 Å². The van der Waals surface area contributed by atoms with Crippen LogP contribution in [0.5, 0.6) is 11.5 Å². The van der Waals surface area contributed by atoms with E-state index in [1.165, 1.54) is 11.1 Å². The van der Waals surface area contributed by atoms with Crippen molar-refractivity contribution in [2.24, 2.45) is 31.6 Å². The molecule has 4 nitrogen and oxygen atoms in total. The molecular weight excluding hydrogens is 540 g/mol. The molecule has 0 aliphatic rings. The van der Waals surface area contributed by atoms with Crippen LogP contribution in [-0.4, -0.2) is 22.6 Å². The van der Waals surface area contributed by atoms with E-state index in [1.54, 1.807) is 12.4 Å². The van der Waals surface area contributed by atoms with Crippen molar-refractivity contribution in [3.05, 3.63) is 81.9 Å². The number of phenolic OH excluding ortho intramolecular Hbond substituents is 2. The predicted octanol–water partition coefficient (Wildman–Crippen LogP) is 11.0. The molecule has 0 fully saturated rings. The highest BCUT2D eigenvalue weighted by Gasteiger charge is 2.21. The van der Waals surface area contributed by atoms with Gasteiger partial charge in [0.15, 0.2) is 0 Å². The first-order valence-electron chi connectivity index (χ1n) is 16.0. The third kappa shape index (κ3) is 11.3. The van der Waals surface area contributed by atoms with Crippen molar-refractivity contribution >= 4 is 23.8 Å². The normalized spacial score (nSPS) is 13.4. The van der Waals surface area contributed by atoms with Crippen molar-refractivity contribution in [1.29, 1.82) is 0 Å². The first-order chi connectivity index (χ1) is 20.1. The fourth-order valence-electron chi connectivity index (χ4n) is 5.57. The Hall–Kier alpha value is -3.40. The first kappa shape index (κ1) is 35.1. The van der Waals surface area contributed by atoms with E-state index < -0.39 is 0 Å². The molecule has 0 aliphatic carbocycles. The lowest BCUT2D eigenvalue weighted by Crippen LogP contribution is -2.13. The highest BCUT2D eigenvalue weighted by Crippen LogP contribution is 2.35. The molecule has 238 valence electrons. The van der Waals surface area contributed by atoms with Crippen LogP contribution in [-0.2, 0) is 25.7 Å². The van der Waals surface area contributed by atoms with E-state index in [0.29, 0.717) is 22.5 Å². The van der Waals surface area contributed by atoms with E-state index >= 15 is 0 Å². The molecule has 0 amide bonds. The molecule has 44 heavy (non-hydrogen) atoms. The summed E-state index contributed by atoms with van der Waals surface area (Å²) in [6, 6.07) is 16.1. The Morgan fingerprint density at radius 1 is 0.500 bits per heavy atom. The Bertz CT molecular complexity index is 1390. The van der Waals surface area contributed by atoms with E-state index in [0.717, 1.165) is 36.8 Å². The Morgan fingerprint density at radius 3 is 1.11 bits per heavy atom. The van der Waals surface area contributed by atoms with Gasteiger partial charge in [-0.1, -0.05) is 107 Å². The zero-order chi connectivity index (χ0) is 33.1. The molecule has 0 aliphatic heterocycles. The van der Waals surface area contributed by atoms with Gasteiger partial charge in [-0.3, -0.25) is 9.98 Å². The lowest BCUT2D eigenvalue weighted by molar-refractivity contribution is 0.391. The SMILES string of the molecule is CC(C)(C)Cc1cc(C=Nc2ccccc2N=Cc2cc(CC(C)(C)C)cc(CC(C)(C)C)c2O)c(O)c(CC(C)(C)C)c1. The summed E-state index contributed by atoms with van der Waals surface area (Å²) in [6.45, 7) is 26.5. The molecule has 3 aromatic carbocycles. The molecule has 0 unspecified atom stereocenters. The summed E-state index contributed by atoms with van der Waals surface area (Å²) in [5.74, 6) is 0.573. The second-order valence-electron chi connectivity index (χ2n) is 17.3. The van der Waals surface area contributed by atoms with E-state index in [9.17, 15) is 10.2 Å². The van der Waals surface area contributed by atoms with Gasteiger partial charge in [0.1, 0.15) is 11.5 Å². The molecule has 0 atom stereocenters. The van der Waals surface area contributed by atoms with Crippen molar-refractivity contribution < 1.29 is 10.2 Å². The van der Waals surface area contributed by atoms with Crippen LogP contribution in [0.3, 0.4) is 0 Å². The fourth-order valence-corrected chi connectivity index (χ4v) is 5.57. The molecule has 0 saturated carbocycles. The third-order valence-electron chi connectivity index (χ3n) is 7.03. The summed E-state index contributed by atoms with van der Waals surface area (Å²) >= 11 is 0. The molecule has 0 bridgehead atoms. The van der Waals surface area contributed by atoms with Crippen molar-refractivity contribution in [3.63, 3.8) is 0 Å². The average molecular weight is 597 g/mol. The smallest absolute Gasteiger partial charge is 0.127 e. The summed E-state index contributed by atoms with van der Waals surface area (Å²) in [6.07, 6.45) is 6.86. The largest absolute Gasteiger partial charge is 0.507 e. The zero-order valence-corrected chi connectivity index (χ0v) is 29.4. The first-order valence-corrected chi connectivity index (χ1v) is 16.0. The molecule has 0 radical (unpaired) electrons. The highest BCUT2D eigenvalue weighted by molar-refractivity contribution is 5.90. The second kappa shape index (κ2) is 13.3. The zero-order valence-electron chi connectivity index (χ0n) is 29.4. The number of rotatable bonds is 8. The van der Waals surface area contributed by atoms with Crippen LogP contribution in [0.25, 0.3) is 0 Å². The molecule has 0 spiro atoms. The van der Waals surface area contributed by atoms with Gasteiger partial charge in [-0.05, 0) is 93.9 Å². The number of aliphatic imine (C=N–C) groups is 2. The Kier molecular flexibility index (Phi) is 10.6. The van der Waals surface area contributed by atoms with Gasteiger partial charge < -0.3 is 10.2 Å². The van der Waals surface area contributed by atoms with Crippen molar-refractivity contribution in [1.82, 2.24) is 0 Å². The molecule has 0 saturated heterocycles. The van der Waals surface area contributed by atoms with Crippen LogP contribution in [0.2, 0.25) is 0 Å². The number of benzene rings is 3. The second-order valence-corrected chi connectivity index (χ2v) is 17.3. The quantitative estimate of drug-likeness (QED) is 0.254. The molecule has 3 rings (SSSR count). The fraction of sp³-hybridized carbons (Fsp3) is 0.500. The molecule has 0 aromatic heterocycles. The number of hydrogen-bond acceptors (Lipinski definition) is 4. The van der Waals surface area contributed by atoms with Gasteiger partial charge in [-0.15, -0.1) is 0 Å². The average Bonchev–Trinajstić information content (AvgIpc) is 2.83. The minimum atomic E-state index is 0.0378. The Labute approximate surface area is 267 Å². The summed E-state index contributed by atoms with van der Waals surface area (Å²) in [7, 11) is 0. The number of para-hydroxylation sites is 2. The summed E-state index contributed by atoms with van der Waals surface area (Å²) < 4.78 is 0. The molecule has 2 N–H and O–H groups in total. The number of phenols is 2. The Morgan fingerprint density at radius 2 is 0.818 bits per heavy atom. The maximum absolute atomic E-state index is 11.3.